The van der Waals surface area contributed by atoms with Gasteiger partial charge in [0.25, 0.3) is 5.91 Å². The van der Waals surface area contributed by atoms with Crippen molar-refractivity contribution < 1.29 is 14.3 Å². The summed E-state index contributed by atoms with van der Waals surface area (Å²) in [6.45, 7) is 9.92. The highest BCUT2D eigenvalue weighted by Crippen LogP contribution is 2.06. The number of carbonyl (C=O) groups is 2. The summed E-state index contributed by atoms with van der Waals surface area (Å²) in [5.41, 5.74) is 1.14. The molecule has 1 rings (SSSR count). The zero-order valence-electron chi connectivity index (χ0n) is 17.5. The number of ether oxygens (including phenoxy) is 1. The lowest BCUT2D eigenvalue weighted by atomic mass is 10.1. The molecule has 2 amide bonds. The molecule has 8 nitrogen and oxygen atoms in total. The van der Waals surface area contributed by atoms with Crippen LogP contribution in [0.25, 0.3) is 0 Å². The van der Waals surface area contributed by atoms with Crippen molar-refractivity contribution in [3.05, 3.63) is 35.4 Å². The van der Waals surface area contributed by atoms with Crippen LogP contribution in [0.2, 0.25) is 0 Å². The Hall–Kier alpha value is -2.77. The van der Waals surface area contributed by atoms with Gasteiger partial charge in [-0.2, -0.15) is 0 Å². The van der Waals surface area contributed by atoms with E-state index in [2.05, 4.69) is 26.3 Å². The summed E-state index contributed by atoms with van der Waals surface area (Å²) in [6, 6.07) is 7.35. The van der Waals surface area contributed by atoms with Gasteiger partial charge in [0, 0.05) is 32.2 Å². The van der Waals surface area contributed by atoms with E-state index < -0.39 is 11.7 Å². The Morgan fingerprint density at radius 1 is 1.04 bits per heavy atom. The number of nitrogens with one attached hydrogen (secondary N) is 4. The number of hydrogen-bond acceptors (Lipinski definition) is 4. The standard InChI is InChI=1S/C20H33N5O3/c1-6-22-18(23-12-7-13-24-19(27)28-20(2,3)4)25-14-15-8-10-16(11-9-15)17(26)21-5/h8-11H,6-7,12-14H2,1-5H3,(H,21,26)(H,24,27)(H2,22,23,25). The van der Waals surface area contributed by atoms with Crippen LogP contribution in [0.15, 0.2) is 29.3 Å². The van der Waals surface area contributed by atoms with E-state index in [0.717, 1.165) is 18.5 Å². The molecule has 0 heterocycles. The van der Waals surface area contributed by atoms with Gasteiger partial charge in [0.1, 0.15) is 5.60 Å². The maximum absolute atomic E-state index is 11.6. The number of alkyl carbamates (subject to hydrolysis) is 1. The molecule has 28 heavy (non-hydrogen) atoms. The van der Waals surface area contributed by atoms with Gasteiger partial charge >= 0.3 is 6.09 Å². The predicted octanol–water partition coefficient (Wildman–Crippen LogP) is 2.02. The van der Waals surface area contributed by atoms with E-state index in [1.807, 2.05) is 39.8 Å². The quantitative estimate of drug-likeness (QED) is 0.308. The summed E-state index contributed by atoms with van der Waals surface area (Å²) in [5, 5.41) is 11.7. The number of benzene rings is 1. The van der Waals surface area contributed by atoms with Crippen molar-refractivity contribution in [2.45, 2.75) is 46.3 Å². The van der Waals surface area contributed by atoms with Crippen LogP contribution < -0.4 is 21.3 Å². The summed E-state index contributed by atoms with van der Waals surface area (Å²) < 4.78 is 5.19. The van der Waals surface area contributed by atoms with Crippen molar-refractivity contribution >= 4 is 18.0 Å². The minimum Gasteiger partial charge on any atom is -0.444 e. The maximum atomic E-state index is 11.6. The zero-order chi connectivity index (χ0) is 21.0. The number of carbonyl (C=O) groups excluding carboxylic acids is 2. The van der Waals surface area contributed by atoms with E-state index in [-0.39, 0.29) is 5.91 Å². The minimum atomic E-state index is -0.494. The highest BCUT2D eigenvalue weighted by Gasteiger charge is 2.15. The molecule has 0 fully saturated rings. The third-order valence-corrected chi connectivity index (χ3v) is 3.52. The van der Waals surface area contributed by atoms with E-state index in [1.165, 1.54) is 0 Å². The highest BCUT2D eigenvalue weighted by atomic mass is 16.6. The van der Waals surface area contributed by atoms with Crippen molar-refractivity contribution in [2.24, 2.45) is 4.99 Å². The van der Waals surface area contributed by atoms with Crippen molar-refractivity contribution in [1.82, 2.24) is 21.3 Å². The first-order chi connectivity index (χ1) is 13.2. The molecule has 156 valence electrons. The van der Waals surface area contributed by atoms with Crippen LogP contribution in [-0.2, 0) is 11.3 Å². The lowest BCUT2D eigenvalue weighted by Gasteiger charge is -2.19. The van der Waals surface area contributed by atoms with Crippen LogP contribution in [0, 0.1) is 0 Å². The SMILES string of the molecule is CCNC(=NCc1ccc(C(=O)NC)cc1)NCCCNC(=O)OC(C)(C)C. The molecule has 0 aromatic heterocycles. The molecular formula is C20H33N5O3. The Morgan fingerprint density at radius 2 is 1.68 bits per heavy atom. The molecule has 0 atom stereocenters. The Kier molecular flexibility index (Phi) is 9.84. The summed E-state index contributed by atoms with van der Waals surface area (Å²) in [6.07, 6.45) is 0.332. The fourth-order valence-corrected chi connectivity index (χ4v) is 2.22. The van der Waals surface area contributed by atoms with E-state index in [4.69, 9.17) is 4.74 Å². The molecule has 0 radical (unpaired) electrons. The summed E-state index contributed by atoms with van der Waals surface area (Å²) in [5.74, 6) is 0.597. The second-order valence-corrected chi connectivity index (χ2v) is 7.18. The van der Waals surface area contributed by atoms with Gasteiger partial charge in [-0.1, -0.05) is 12.1 Å². The predicted molar refractivity (Wildman–Crippen MR) is 112 cm³/mol. The molecule has 0 spiro atoms. The number of hydrogen-bond donors (Lipinski definition) is 4. The van der Waals surface area contributed by atoms with Crippen molar-refractivity contribution in [1.29, 1.82) is 0 Å². The topological polar surface area (TPSA) is 104 Å². The van der Waals surface area contributed by atoms with Crippen LogP contribution in [0.1, 0.15) is 50.0 Å². The molecule has 0 aliphatic heterocycles. The zero-order valence-corrected chi connectivity index (χ0v) is 17.5. The lowest BCUT2D eigenvalue weighted by molar-refractivity contribution is 0.0527. The monoisotopic (exact) mass is 391 g/mol. The summed E-state index contributed by atoms with van der Waals surface area (Å²) >= 11 is 0. The molecule has 0 aliphatic carbocycles. The molecule has 8 heteroatoms. The number of rotatable bonds is 8. The largest absolute Gasteiger partial charge is 0.444 e. The van der Waals surface area contributed by atoms with E-state index in [1.54, 1.807) is 19.2 Å². The summed E-state index contributed by atoms with van der Waals surface area (Å²) in [7, 11) is 1.61. The van der Waals surface area contributed by atoms with Gasteiger partial charge in [-0.05, 0) is 51.8 Å². The Balaban J connectivity index is 2.41. The van der Waals surface area contributed by atoms with Crippen LogP contribution in [0.4, 0.5) is 4.79 Å². The van der Waals surface area contributed by atoms with Gasteiger partial charge in [-0.3, -0.25) is 4.79 Å². The number of amides is 2. The lowest BCUT2D eigenvalue weighted by Crippen LogP contribution is -2.39. The minimum absolute atomic E-state index is 0.106. The fraction of sp³-hybridized carbons (Fsp3) is 0.550. The Morgan fingerprint density at radius 3 is 2.25 bits per heavy atom. The smallest absolute Gasteiger partial charge is 0.407 e. The molecule has 0 unspecified atom stereocenters. The molecule has 4 N–H and O–H groups in total. The van der Waals surface area contributed by atoms with Gasteiger partial charge < -0.3 is 26.0 Å². The van der Waals surface area contributed by atoms with Crippen LogP contribution in [0.5, 0.6) is 0 Å². The van der Waals surface area contributed by atoms with Crippen LogP contribution in [0.3, 0.4) is 0 Å². The number of guanidine groups is 1. The van der Waals surface area contributed by atoms with Crippen LogP contribution >= 0.6 is 0 Å². The van der Waals surface area contributed by atoms with Crippen molar-refractivity contribution in [3.63, 3.8) is 0 Å². The van der Waals surface area contributed by atoms with Gasteiger partial charge in [0.2, 0.25) is 0 Å². The first-order valence-electron chi connectivity index (χ1n) is 9.55. The summed E-state index contributed by atoms with van der Waals surface area (Å²) in [4.78, 5) is 27.7. The normalized spacial score (nSPS) is 11.5. The molecular weight excluding hydrogens is 358 g/mol. The second kappa shape index (κ2) is 11.8. The first-order valence-corrected chi connectivity index (χ1v) is 9.55. The van der Waals surface area contributed by atoms with Gasteiger partial charge in [-0.25, -0.2) is 9.79 Å². The molecule has 1 aromatic carbocycles. The van der Waals surface area contributed by atoms with Crippen molar-refractivity contribution in [3.8, 4) is 0 Å². The van der Waals surface area contributed by atoms with E-state index in [9.17, 15) is 9.59 Å². The van der Waals surface area contributed by atoms with Gasteiger partial charge in [-0.15, -0.1) is 0 Å². The molecule has 0 aliphatic rings. The molecule has 1 aromatic rings. The number of nitrogens with zero attached hydrogens (tertiary/aromatic N) is 1. The molecule has 0 bridgehead atoms. The first kappa shape index (κ1) is 23.3. The molecule has 0 saturated carbocycles. The average molecular weight is 392 g/mol. The van der Waals surface area contributed by atoms with Crippen LogP contribution in [-0.4, -0.2) is 50.2 Å². The average Bonchev–Trinajstić information content (AvgIpc) is 2.64. The van der Waals surface area contributed by atoms with E-state index >= 15 is 0 Å². The third-order valence-electron chi connectivity index (χ3n) is 3.52. The van der Waals surface area contributed by atoms with Gasteiger partial charge in [0.15, 0.2) is 5.96 Å². The molecule has 0 saturated heterocycles. The fourth-order valence-electron chi connectivity index (χ4n) is 2.22. The Labute approximate surface area is 167 Å². The van der Waals surface area contributed by atoms with Crippen molar-refractivity contribution in [2.75, 3.05) is 26.7 Å². The Bertz CT molecular complexity index is 651. The highest BCUT2D eigenvalue weighted by molar-refractivity contribution is 5.93. The van der Waals surface area contributed by atoms with E-state index in [0.29, 0.717) is 31.2 Å². The second-order valence-electron chi connectivity index (χ2n) is 7.18. The number of aliphatic imine (C=N–C) groups is 1. The maximum Gasteiger partial charge on any atom is 0.407 e. The third kappa shape index (κ3) is 9.80. The van der Waals surface area contributed by atoms with Gasteiger partial charge in [0.05, 0.1) is 6.54 Å².